The maximum absolute atomic E-state index is 12.4. The molecule has 1 saturated carbocycles. The number of nitrogens with zero attached hydrogens (tertiary/aromatic N) is 4. The number of carbonyl (C=O) groups excluding carboxylic acids is 1. The third-order valence-corrected chi connectivity index (χ3v) is 6.22. The van der Waals surface area contributed by atoms with Gasteiger partial charge in [-0.15, -0.1) is 0 Å². The summed E-state index contributed by atoms with van der Waals surface area (Å²) in [4.78, 5) is 21.4. The molecule has 0 spiro atoms. The van der Waals surface area contributed by atoms with E-state index in [1.54, 1.807) is 0 Å². The minimum atomic E-state index is 0.0157. The lowest BCUT2D eigenvalue weighted by molar-refractivity contribution is -0.129. The molecule has 5 rings (SSSR count). The van der Waals surface area contributed by atoms with Gasteiger partial charge in [-0.3, -0.25) is 4.79 Å². The van der Waals surface area contributed by atoms with E-state index < -0.39 is 0 Å². The quantitative estimate of drug-likeness (QED) is 0.810. The van der Waals surface area contributed by atoms with Crippen LogP contribution in [0.4, 0.5) is 5.69 Å². The average molecular weight is 382 g/mol. The minimum absolute atomic E-state index is 0.0157. The van der Waals surface area contributed by atoms with Crippen molar-refractivity contribution in [1.82, 2.24) is 15.0 Å². The van der Waals surface area contributed by atoms with E-state index in [1.165, 1.54) is 18.5 Å². The molecule has 3 fully saturated rings. The van der Waals surface area contributed by atoms with Crippen molar-refractivity contribution < 1.29 is 14.1 Å². The third-order valence-electron chi connectivity index (χ3n) is 6.22. The van der Waals surface area contributed by atoms with Crippen LogP contribution in [0, 0.1) is 0 Å². The summed E-state index contributed by atoms with van der Waals surface area (Å²) in [5.74, 6) is 1.42. The van der Waals surface area contributed by atoms with Gasteiger partial charge in [0.05, 0.1) is 19.1 Å². The Bertz CT molecular complexity index is 822. The molecule has 7 heteroatoms. The smallest absolute Gasteiger partial charge is 0.232 e. The lowest BCUT2D eigenvalue weighted by Gasteiger charge is -2.28. The number of amides is 1. The van der Waals surface area contributed by atoms with Crippen LogP contribution in [0.3, 0.4) is 0 Å². The zero-order valence-corrected chi connectivity index (χ0v) is 16.0. The number of ether oxygens (including phenoxy) is 1. The number of hydrogen-bond acceptors (Lipinski definition) is 6. The number of benzene rings is 1. The fraction of sp³-hybridized carbons (Fsp3) is 0.571. The monoisotopic (exact) mass is 382 g/mol. The first-order valence-corrected chi connectivity index (χ1v) is 10.3. The summed E-state index contributed by atoms with van der Waals surface area (Å²) in [6.45, 7) is 4.08. The normalized spacial score (nSPS) is 23.7. The number of likely N-dealkylation sites (tertiary alicyclic amines) is 1. The molecule has 0 radical (unpaired) electrons. The van der Waals surface area contributed by atoms with E-state index in [0.29, 0.717) is 30.7 Å². The molecule has 1 aliphatic carbocycles. The van der Waals surface area contributed by atoms with Crippen molar-refractivity contribution in [2.75, 3.05) is 37.7 Å². The number of carbonyl (C=O) groups is 1. The summed E-state index contributed by atoms with van der Waals surface area (Å²) in [5.41, 5.74) is 2.12. The van der Waals surface area contributed by atoms with Crippen molar-refractivity contribution in [3.8, 4) is 11.4 Å². The Kier molecular flexibility index (Phi) is 4.76. The van der Waals surface area contributed by atoms with Gasteiger partial charge >= 0.3 is 0 Å². The van der Waals surface area contributed by atoms with Gasteiger partial charge in [0.25, 0.3) is 0 Å². The average Bonchev–Trinajstić information content (AvgIpc) is 3.49. The third kappa shape index (κ3) is 3.39. The standard InChI is InChI=1S/C21H26N4O3/c26-19-13-16(14-25(19)18-3-1-2-4-18)21-22-20(23-28-21)15-5-7-17(8-6-15)24-9-11-27-12-10-24/h5-8,16,18H,1-4,9-14H2. The van der Waals surface area contributed by atoms with Gasteiger partial charge in [0.2, 0.25) is 17.6 Å². The molecule has 0 N–H and O–H groups in total. The van der Waals surface area contributed by atoms with Gasteiger partial charge in [-0.25, -0.2) is 0 Å². The highest BCUT2D eigenvalue weighted by molar-refractivity contribution is 5.80. The Balaban J connectivity index is 1.27. The van der Waals surface area contributed by atoms with Crippen LogP contribution >= 0.6 is 0 Å². The van der Waals surface area contributed by atoms with Gasteiger partial charge < -0.3 is 19.1 Å². The fourth-order valence-corrected chi connectivity index (χ4v) is 4.63. The first-order valence-electron chi connectivity index (χ1n) is 10.3. The molecule has 1 aromatic heterocycles. The van der Waals surface area contributed by atoms with Crippen LogP contribution in [0.2, 0.25) is 0 Å². The predicted octanol–water partition coefficient (Wildman–Crippen LogP) is 2.83. The summed E-state index contributed by atoms with van der Waals surface area (Å²) < 4.78 is 11.0. The molecular weight excluding hydrogens is 356 g/mol. The second-order valence-electron chi connectivity index (χ2n) is 7.99. The van der Waals surface area contributed by atoms with Crippen LogP contribution in [0.1, 0.15) is 43.9 Å². The second kappa shape index (κ2) is 7.54. The zero-order valence-electron chi connectivity index (χ0n) is 16.0. The summed E-state index contributed by atoms with van der Waals surface area (Å²) >= 11 is 0. The molecule has 28 heavy (non-hydrogen) atoms. The summed E-state index contributed by atoms with van der Waals surface area (Å²) in [5, 5.41) is 4.17. The summed E-state index contributed by atoms with van der Waals surface area (Å²) in [6, 6.07) is 8.66. The largest absolute Gasteiger partial charge is 0.378 e. The van der Waals surface area contributed by atoms with Crippen molar-refractivity contribution in [2.24, 2.45) is 0 Å². The number of anilines is 1. The van der Waals surface area contributed by atoms with E-state index in [-0.39, 0.29) is 11.8 Å². The van der Waals surface area contributed by atoms with Gasteiger partial charge in [0.15, 0.2) is 0 Å². The second-order valence-corrected chi connectivity index (χ2v) is 7.99. The zero-order chi connectivity index (χ0) is 18.9. The number of aromatic nitrogens is 2. The fourth-order valence-electron chi connectivity index (χ4n) is 4.63. The van der Waals surface area contributed by atoms with Crippen molar-refractivity contribution in [3.63, 3.8) is 0 Å². The molecule has 2 aromatic rings. The van der Waals surface area contributed by atoms with Crippen LogP contribution < -0.4 is 4.90 Å². The Hall–Kier alpha value is -2.41. The van der Waals surface area contributed by atoms with E-state index in [2.05, 4.69) is 27.2 Å². The topological polar surface area (TPSA) is 71.7 Å². The highest BCUT2D eigenvalue weighted by Crippen LogP contribution is 2.34. The Labute approximate surface area is 164 Å². The van der Waals surface area contributed by atoms with Crippen molar-refractivity contribution >= 4 is 11.6 Å². The summed E-state index contributed by atoms with van der Waals surface area (Å²) in [7, 11) is 0. The first kappa shape index (κ1) is 17.7. The van der Waals surface area contributed by atoms with Gasteiger partial charge in [-0.2, -0.15) is 4.98 Å². The van der Waals surface area contributed by atoms with E-state index in [0.717, 1.165) is 44.7 Å². The number of morpholine rings is 1. The molecule has 1 unspecified atom stereocenters. The van der Waals surface area contributed by atoms with Crippen LogP contribution in [0.5, 0.6) is 0 Å². The first-order chi connectivity index (χ1) is 13.8. The van der Waals surface area contributed by atoms with Crippen LogP contribution in [-0.4, -0.2) is 59.8 Å². The molecule has 7 nitrogen and oxygen atoms in total. The molecule has 1 atom stereocenters. The molecule has 1 aromatic carbocycles. The maximum atomic E-state index is 12.4. The van der Waals surface area contributed by atoms with Crippen molar-refractivity contribution in [3.05, 3.63) is 30.2 Å². The van der Waals surface area contributed by atoms with Gasteiger partial charge in [0.1, 0.15) is 0 Å². The number of hydrogen-bond donors (Lipinski definition) is 0. The molecule has 2 saturated heterocycles. The number of rotatable bonds is 4. The van der Waals surface area contributed by atoms with E-state index in [9.17, 15) is 4.79 Å². The maximum Gasteiger partial charge on any atom is 0.232 e. The molecule has 3 aliphatic rings. The predicted molar refractivity (Wildman–Crippen MR) is 104 cm³/mol. The minimum Gasteiger partial charge on any atom is -0.378 e. The highest BCUT2D eigenvalue weighted by atomic mass is 16.5. The molecule has 1 amide bonds. The van der Waals surface area contributed by atoms with Gasteiger partial charge in [-0.05, 0) is 37.1 Å². The van der Waals surface area contributed by atoms with Crippen LogP contribution in [0.15, 0.2) is 28.8 Å². The molecular formula is C21H26N4O3. The molecule has 148 valence electrons. The Morgan fingerprint density at radius 1 is 1.04 bits per heavy atom. The molecule has 0 bridgehead atoms. The van der Waals surface area contributed by atoms with Gasteiger partial charge in [-0.1, -0.05) is 18.0 Å². The van der Waals surface area contributed by atoms with Crippen LogP contribution in [0.25, 0.3) is 11.4 Å². The lowest BCUT2D eigenvalue weighted by atomic mass is 10.1. The van der Waals surface area contributed by atoms with Crippen molar-refractivity contribution in [2.45, 2.75) is 44.1 Å². The molecule has 3 heterocycles. The van der Waals surface area contributed by atoms with Gasteiger partial charge in [0, 0.05) is 43.3 Å². The summed E-state index contributed by atoms with van der Waals surface area (Å²) in [6.07, 6.45) is 5.19. The van der Waals surface area contributed by atoms with E-state index in [1.807, 2.05) is 17.0 Å². The molecule has 2 aliphatic heterocycles. The Morgan fingerprint density at radius 3 is 2.54 bits per heavy atom. The SMILES string of the molecule is O=C1CC(c2nc(-c3ccc(N4CCOCC4)cc3)no2)CN1C1CCCC1. The van der Waals surface area contributed by atoms with E-state index >= 15 is 0 Å². The Morgan fingerprint density at radius 2 is 1.79 bits per heavy atom. The van der Waals surface area contributed by atoms with Crippen LogP contribution in [-0.2, 0) is 9.53 Å². The highest BCUT2D eigenvalue weighted by Gasteiger charge is 2.38. The van der Waals surface area contributed by atoms with Crippen molar-refractivity contribution in [1.29, 1.82) is 0 Å². The lowest BCUT2D eigenvalue weighted by Crippen LogP contribution is -2.36. The van der Waals surface area contributed by atoms with E-state index in [4.69, 9.17) is 9.26 Å².